The zero-order chi connectivity index (χ0) is 15.1. The Hall–Kier alpha value is -0.0300. The number of carbonyl (C=O) groups excluding carboxylic acids is 1. The van der Waals surface area contributed by atoms with Gasteiger partial charge >= 0.3 is 0 Å². The van der Waals surface area contributed by atoms with Crippen LogP contribution in [-0.4, -0.2) is 42.0 Å². The Morgan fingerprint density at radius 2 is 1.68 bits per heavy atom. The van der Waals surface area contributed by atoms with E-state index in [9.17, 15) is 4.79 Å². The molecule has 0 aromatic carbocycles. The van der Waals surface area contributed by atoms with E-state index >= 15 is 0 Å². The van der Waals surface area contributed by atoms with Crippen LogP contribution in [0.25, 0.3) is 0 Å². The van der Waals surface area contributed by atoms with Gasteiger partial charge in [-0.15, -0.1) is 24.8 Å². The van der Waals surface area contributed by atoms with Gasteiger partial charge in [0.2, 0.25) is 5.91 Å². The lowest BCUT2D eigenvalue weighted by Crippen LogP contribution is -2.43. The fourth-order valence-electron chi connectivity index (χ4n) is 3.24. The summed E-state index contributed by atoms with van der Waals surface area (Å²) in [6.07, 6.45) is 5.23. The van der Waals surface area contributed by atoms with E-state index in [0.29, 0.717) is 24.4 Å². The molecular formula is C16H35Cl2N3O. The minimum Gasteiger partial charge on any atom is -0.355 e. The number of hydrogen-bond donors (Lipinski definition) is 2. The lowest BCUT2D eigenvalue weighted by molar-refractivity contribution is -0.122. The molecule has 0 bridgehead atoms. The minimum absolute atomic E-state index is 0. The van der Waals surface area contributed by atoms with E-state index in [2.05, 4.69) is 37.9 Å². The Bertz CT molecular complexity index is 293. The highest BCUT2D eigenvalue weighted by Gasteiger charge is 2.24. The van der Waals surface area contributed by atoms with Crippen LogP contribution in [0.15, 0.2) is 0 Å². The van der Waals surface area contributed by atoms with E-state index in [1.807, 2.05) is 0 Å². The first-order valence-electron chi connectivity index (χ1n) is 8.19. The van der Waals surface area contributed by atoms with Crippen molar-refractivity contribution in [1.29, 1.82) is 0 Å². The third kappa shape index (κ3) is 8.56. The largest absolute Gasteiger partial charge is 0.355 e. The van der Waals surface area contributed by atoms with E-state index in [4.69, 9.17) is 5.73 Å². The predicted molar refractivity (Wildman–Crippen MR) is 99.0 cm³/mol. The van der Waals surface area contributed by atoms with Crippen molar-refractivity contribution in [2.45, 2.75) is 77.9 Å². The molecule has 6 heteroatoms. The highest BCUT2D eigenvalue weighted by Crippen LogP contribution is 2.25. The van der Waals surface area contributed by atoms with Gasteiger partial charge in [-0.2, -0.15) is 0 Å². The number of carbonyl (C=O) groups is 1. The van der Waals surface area contributed by atoms with Gasteiger partial charge in [0.15, 0.2) is 0 Å². The number of amides is 1. The maximum atomic E-state index is 12.0. The average molecular weight is 356 g/mol. The van der Waals surface area contributed by atoms with Crippen LogP contribution in [0, 0.1) is 5.92 Å². The predicted octanol–water partition coefficient (Wildman–Crippen LogP) is 2.97. The van der Waals surface area contributed by atoms with Crippen molar-refractivity contribution in [2.75, 3.05) is 13.1 Å². The van der Waals surface area contributed by atoms with Crippen LogP contribution in [0.1, 0.15) is 59.8 Å². The third-order valence-corrected chi connectivity index (χ3v) is 4.43. The van der Waals surface area contributed by atoms with Crippen LogP contribution in [-0.2, 0) is 4.79 Å². The summed E-state index contributed by atoms with van der Waals surface area (Å²) in [5.41, 5.74) is 6.10. The molecule has 1 rings (SSSR count). The monoisotopic (exact) mass is 355 g/mol. The smallest absolute Gasteiger partial charge is 0.220 e. The van der Waals surface area contributed by atoms with Gasteiger partial charge in [-0.1, -0.05) is 12.8 Å². The minimum atomic E-state index is 0. The standard InChI is InChI=1S/C16H33N3O.2ClH/c1-12(2)19(13(3)4)10-9-18-16(20)11-14-7-5-6-8-15(14)17;;/h12-15H,5-11,17H2,1-4H3,(H,18,20);2*1H. The van der Waals surface area contributed by atoms with E-state index in [-0.39, 0.29) is 36.8 Å². The molecule has 0 aliphatic heterocycles. The summed E-state index contributed by atoms with van der Waals surface area (Å²) < 4.78 is 0. The maximum absolute atomic E-state index is 12.0. The van der Waals surface area contributed by atoms with Crippen LogP contribution in [0.3, 0.4) is 0 Å². The summed E-state index contributed by atoms with van der Waals surface area (Å²) in [6.45, 7) is 10.4. The number of nitrogens with two attached hydrogens (primary N) is 1. The molecule has 0 aromatic heterocycles. The van der Waals surface area contributed by atoms with Crippen LogP contribution >= 0.6 is 24.8 Å². The first-order chi connectivity index (χ1) is 9.41. The molecule has 2 atom stereocenters. The van der Waals surface area contributed by atoms with Crippen molar-refractivity contribution in [3.05, 3.63) is 0 Å². The molecule has 134 valence electrons. The molecule has 4 nitrogen and oxygen atoms in total. The number of halogens is 2. The molecule has 2 unspecified atom stereocenters. The van der Waals surface area contributed by atoms with Crippen molar-refractivity contribution >= 4 is 30.7 Å². The normalized spacial score (nSPS) is 21.5. The Morgan fingerprint density at radius 3 is 2.18 bits per heavy atom. The lowest BCUT2D eigenvalue weighted by Gasteiger charge is -2.31. The van der Waals surface area contributed by atoms with Gasteiger partial charge in [0.25, 0.3) is 0 Å². The molecule has 0 radical (unpaired) electrons. The van der Waals surface area contributed by atoms with E-state index in [1.165, 1.54) is 12.8 Å². The Morgan fingerprint density at radius 1 is 1.14 bits per heavy atom. The van der Waals surface area contributed by atoms with Crippen molar-refractivity contribution in [3.8, 4) is 0 Å². The van der Waals surface area contributed by atoms with Gasteiger partial charge in [0, 0.05) is 37.6 Å². The molecule has 1 fully saturated rings. The van der Waals surface area contributed by atoms with Crippen molar-refractivity contribution < 1.29 is 4.79 Å². The Labute approximate surface area is 148 Å². The summed E-state index contributed by atoms with van der Waals surface area (Å²) in [6, 6.07) is 1.25. The second-order valence-electron chi connectivity index (χ2n) is 6.69. The quantitative estimate of drug-likeness (QED) is 0.737. The highest BCUT2D eigenvalue weighted by atomic mass is 35.5. The Balaban J connectivity index is 0. The fourth-order valence-corrected chi connectivity index (χ4v) is 3.24. The summed E-state index contributed by atoms with van der Waals surface area (Å²) in [7, 11) is 0. The molecule has 0 heterocycles. The topological polar surface area (TPSA) is 58.4 Å². The number of nitrogens with one attached hydrogen (secondary N) is 1. The molecule has 0 aromatic rings. The second kappa shape index (κ2) is 12.4. The molecule has 1 aliphatic rings. The summed E-state index contributed by atoms with van der Waals surface area (Å²) in [4.78, 5) is 14.4. The number of hydrogen-bond acceptors (Lipinski definition) is 3. The first-order valence-corrected chi connectivity index (χ1v) is 8.19. The van der Waals surface area contributed by atoms with Gasteiger partial charge in [0.05, 0.1) is 0 Å². The Kier molecular flexibility index (Phi) is 13.7. The lowest BCUT2D eigenvalue weighted by atomic mass is 9.83. The van der Waals surface area contributed by atoms with Crippen LogP contribution in [0.4, 0.5) is 0 Å². The summed E-state index contributed by atoms with van der Waals surface area (Å²) in [5.74, 6) is 0.551. The van der Waals surface area contributed by atoms with Crippen LogP contribution in [0.5, 0.6) is 0 Å². The SMILES string of the molecule is CC(C)N(CCNC(=O)CC1CCCCC1N)C(C)C.Cl.Cl. The molecule has 0 spiro atoms. The summed E-state index contributed by atoms with van der Waals surface area (Å²) >= 11 is 0. The maximum Gasteiger partial charge on any atom is 0.220 e. The van der Waals surface area contributed by atoms with E-state index in [0.717, 1.165) is 25.9 Å². The first kappa shape index (κ1) is 24.2. The van der Waals surface area contributed by atoms with Gasteiger partial charge in [-0.25, -0.2) is 0 Å². The van der Waals surface area contributed by atoms with Gasteiger partial charge in [0.1, 0.15) is 0 Å². The average Bonchev–Trinajstić information content (AvgIpc) is 2.36. The van der Waals surface area contributed by atoms with Crippen molar-refractivity contribution in [3.63, 3.8) is 0 Å². The highest BCUT2D eigenvalue weighted by molar-refractivity contribution is 5.85. The number of rotatable bonds is 7. The van der Waals surface area contributed by atoms with Crippen LogP contribution in [0.2, 0.25) is 0 Å². The molecule has 1 saturated carbocycles. The van der Waals surface area contributed by atoms with Gasteiger partial charge in [-0.3, -0.25) is 9.69 Å². The molecular weight excluding hydrogens is 321 g/mol. The van der Waals surface area contributed by atoms with Gasteiger partial charge in [-0.05, 0) is 46.5 Å². The fraction of sp³-hybridized carbons (Fsp3) is 0.938. The second-order valence-corrected chi connectivity index (χ2v) is 6.69. The molecule has 1 amide bonds. The summed E-state index contributed by atoms with van der Waals surface area (Å²) in [5, 5.41) is 3.05. The molecule has 1 aliphatic carbocycles. The zero-order valence-corrected chi connectivity index (χ0v) is 16.1. The molecule has 3 N–H and O–H groups in total. The van der Waals surface area contributed by atoms with E-state index < -0.39 is 0 Å². The van der Waals surface area contributed by atoms with Crippen molar-refractivity contribution in [1.82, 2.24) is 10.2 Å². The molecule has 22 heavy (non-hydrogen) atoms. The van der Waals surface area contributed by atoms with Gasteiger partial charge < -0.3 is 11.1 Å². The third-order valence-electron chi connectivity index (χ3n) is 4.43. The van der Waals surface area contributed by atoms with Crippen LogP contribution < -0.4 is 11.1 Å². The van der Waals surface area contributed by atoms with E-state index in [1.54, 1.807) is 0 Å². The zero-order valence-electron chi connectivity index (χ0n) is 14.5. The number of nitrogens with zero attached hydrogens (tertiary/aromatic N) is 1. The molecule has 0 saturated heterocycles. The van der Waals surface area contributed by atoms with Crippen molar-refractivity contribution in [2.24, 2.45) is 11.7 Å².